The summed E-state index contributed by atoms with van der Waals surface area (Å²) < 4.78 is 36.0. The first-order valence-corrected chi connectivity index (χ1v) is 6.54. The second-order valence-electron chi connectivity index (χ2n) is 4.17. The normalized spacial score (nSPS) is 12.3. The van der Waals surface area contributed by atoms with Crippen LogP contribution < -0.4 is 10.6 Å². The number of halogens is 4. The van der Waals surface area contributed by atoms with Gasteiger partial charge >= 0.3 is 6.18 Å². The Labute approximate surface area is 121 Å². The van der Waals surface area contributed by atoms with E-state index < -0.39 is 12.6 Å². The Bertz CT molecular complexity index is 447. The fraction of sp³-hybridized carbons (Fsp3) is 0.462. The van der Waals surface area contributed by atoms with Crippen molar-refractivity contribution in [2.75, 3.05) is 20.1 Å². The van der Waals surface area contributed by atoms with Crippen molar-refractivity contribution in [2.45, 2.75) is 19.0 Å². The van der Waals surface area contributed by atoms with Crippen molar-refractivity contribution in [2.24, 2.45) is 4.99 Å². The first-order valence-electron chi connectivity index (χ1n) is 6.16. The summed E-state index contributed by atoms with van der Waals surface area (Å²) in [5.41, 5.74) is 1.05. The molecule has 0 unspecified atom stereocenters. The highest BCUT2D eigenvalue weighted by atomic mass is 35.5. The van der Waals surface area contributed by atoms with Gasteiger partial charge in [-0.1, -0.05) is 23.7 Å². The van der Waals surface area contributed by atoms with Crippen molar-refractivity contribution in [3.05, 3.63) is 34.9 Å². The van der Waals surface area contributed by atoms with E-state index in [9.17, 15) is 13.2 Å². The molecule has 112 valence electrons. The number of hydrogen-bond donors (Lipinski definition) is 2. The molecule has 0 aliphatic rings. The Morgan fingerprint density at radius 3 is 2.55 bits per heavy atom. The molecule has 0 aromatic heterocycles. The van der Waals surface area contributed by atoms with E-state index in [1.165, 1.54) is 7.05 Å². The molecule has 2 N–H and O–H groups in total. The van der Waals surface area contributed by atoms with Crippen LogP contribution in [0.4, 0.5) is 13.2 Å². The summed E-state index contributed by atoms with van der Waals surface area (Å²) in [4.78, 5) is 3.86. The van der Waals surface area contributed by atoms with Crippen molar-refractivity contribution in [3.63, 3.8) is 0 Å². The lowest BCUT2D eigenvalue weighted by atomic mass is 10.1. The average molecular weight is 308 g/mol. The molecule has 1 aromatic rings. The molecule has 0 bridgehead atoms. The fourth-order valence-corrected chi connectivity index (χ4v) is 1.77. The fourth-order valence-electron chi connectivity index (χ4n) is 1.56. The van der Waals surface area contributed by atoms with Crippen molar-refractivity contribution in [3.8, 4) is 0 Å². The molecule has 3 nitrogen and oxygen atoms in total. The third-order valence-electron chi connectivity index (χ3n) is 2.52. The van der Waals surface area contributed by atoms with E-state index in [4.69, 9.17) is 11.6 Å². The number of aliphatic imine (C=N–C) groups is 1. The highest BCUT2D eigenvalue weighted by Crippen LogP contribution is 2.18. The van der Waals surface area contributed by atoms with Gasteiger partial charge in [0.1, 0.15) is 0 Å². The summed E-state index contributed by atoms with van der Waals surface area (Å²) in [7, 11) is 1.52. The van der Waals surface area contributed by atoms with Gasteiger partial charge in [-0.25, -0.2) is 0 Å². The zero-order valence-corrected chi connectivity index (χ0v) is 11.9. The van der Waals surface area contributed by atoms with Crippen LogP contribution in [0.5, 0.6) is 0 Å². The molecule has 0 amide bonds. The third kappa shape index (κ3) is 7.23. The molecule has 0 radical (unpaired) electrons. The maximum Gasteiger partial charge on any atom is 0.390 e. The maximum absolute atomic E-state index is 12.0. The Kier molecular flexibility index (Phi) is 6.64. The third-order valence-corrected chi connectivity index (χ3v) is 2.75. The van der Waals surface area contributed by atoms with Crippen LogP contribution in [0.3, 0.4) is 0 Å². The zero-order valence-electron chi connectivity index (χ0n) is 11.1. The van der Waals surface area contributed by atoms with E-state index >= 15 is 0 Å². The number of guanidine groups is 1. The first kappa shape index (κ1) is 16.6. The minimum atomic E-state index is -4.16. The van der Waals surface area contributed by atoms with Gasteiger partial charge in [0.25, 0.3) is 0 Å². The Balaban J connectivity index is 2.28. The number of rotatable bonds is 5. The topological polar surface area (TPSA) is 36.4 Å². The Morgan fingerprint density at radius 1 is 1.25 bits per heavy atom. The quantitative estimate of drug-likeness (QED) is 0.648. The van der Waals surface area contributed by atoms with Gasteiger partial charge < -0.3 is 10.6 Å². The lowest BCUT2D eigenvalue weighted by Crippen LogP contribution is -2.39. The van der Waals surface area contributed by atoms with E-state index in [-0.39, 0.29) is 6.54 Å². The molecule has 0 spiro atoms. The Hall–Kier alpha value is -1.43. The average Bonchev–Trinajstić information content (AvgIpc) is 2.35. The number of alkyl halides is 3. The largest absolute Gasteiger partial charge is 0.390 e. The van der Waals surface area contributed by atoms with Crippen LogP contribution in [-0.4, -0.2) is 32.3 Å². The van der Waals surface area contributed by atoms with Crippen molar-refractivity contribution >= 4 is 17.6 Å². The minimum Gasteiger partial charge on any atom is -0.356 e. The number of nitrogens with one attached hydrogen (secondary N) is 2. The van der Waals surface area contributed by atoms with Crippen LogP contribution in [0.15, 0.2) is 29.3 Å². The smallest absolute Gasteiger partial charge is 0.356 e. The van der Waals surface area contributed by atoms with E-state index in [1.807, 2.05) is 18.2 Å². The number of benzene rings is 1. The highest BCUT2D eigenvalue weighted by molar-refractivity contribution is 6.30. The summed E-state index contributed by atoms with van der Waals surface area (Å²) in [6.45, 7) is 0.367. The Morgan fingerprint density at radius 2 is 1.95 bits per heavy atom. The standard InChI is InChI=1S/C13H17ClF3N3/c1-18-12(20-8-6-13(15,16)17)19-7-5-10-3-2-4-11(14)9-10/h2-4,9H,5-8H2,1H3,(H2,18,19,20). The number of hydrogen-bond acceptors (Lipinski definition) is 1. The van der Waals surface area contributed by atoms with Crippen molar-refractivity contribution < 1.29 is 13.2 Å². The summed E-state index contributed by atoms with van der Waals surface area (Å²) in [5, 5.41) is 6.23. The lowest BCUT2D eigenvalue weighted by molar-refractivity contribution is -0.132. The van der Waals surface area contributed by atoms with E-state index in [0.717, 1.165) is 5.56 Å². The van der Waals surface area contributed by atoms with Crippen LogP contribution >= 0.6 is 11.6 Å². The second kappa shape index (κ2) is 7.99. The predicted octanol–water partition coefficient (Wildman–Crippen LogP) is 3.00. The van der Waals surface area contributed by atoms with Crippen molar-refractivity contribution in [1.82, 2.24) is 10.6 Å². The molecule has 0 saturated heterocycles. The summed E-state index contributed by atoms with van der Waals surface area (Å²) in [6, 6.07) is 7.43. The van der Waals surface area contributed by atoms with Gasteiger partial charge in [-0.2, -0.15) is 13.2 Å². The van der Waals surface area contributed by atoms with Gasteiger partial charge in [0.05, 0.1) is 6.42 Å². The molecule has 0 fully saturated rings. The van der Waals surface area contributed by atoms with Gasteiger partial charge in [0.2, 0.25) is 0 Å². The number of nitrogens with zero attached hydrogens (tertiary/aromatic N) is 1. The maximum atomic E-state index is 12.0. The molecule has 0 atom stereocenters. The van der Waals surface area contributed by atoms with Gasteiger partial charge in [-0.3, -0.25) is 4.99 Å². The molecule has 7 heteroatoms. The molecular formula is C13H17ClF3N3. The van der Waals surface area contributed by atoms with Crippen LogP contribution in [0.1, 0.15) is 12.0 Å². The van der Waals surface area contributed by atoms with E-state index in [0.29, 0.717) is 23.9 Å². The van der Waals surface area contributed by atoms with Crippen LogP contribution in [0.25, 0.3) is 0 Å². The van der Waals surface area contributed by atoms with Crippen molar-refractivity contribution in [1.29, 1.82) is 0 Å². The molecule has 1 rings (SSSR count). The van der Waals surface area contributed by atoms with Gasteiger partial charge in [-0.15, -0.1) is 0 Å². The van der Waals surface area contributed by atoms with Gasteiger partial charge in [-0.05, 0) is 24.1 Å². The molecule has 0 aliphatic heterocycles. The van der Waals surface area contributed by atoms with Gasteiger partial charge in [0.15, 0.2) is 5.96 Å². The molecular weight excluding hydrogens is 291 g/mol. The highest BCUT2D eigenvalue weighted by Gasteiger charge is 2.26. The second-order valence-corrected chi connectivity index (χ2v) is 4.61. The minimum absolute atomic E-state index is 0.194. The SMILES string of the molecule is CN=C(NCCc1cccc(Cl)c1)NCCC(F)(F)F. The molecule has 0 heterocycles. The van der Waals surface area contributed by atoms with Crippen LogP contribution in [0, 0.1) is 0 Å². The van der Waals surface area contributed by atoms with E-state index in [2.05, 4.69) is 15.6 Å². The molecule has 1 aromatic carbocycles. The summed E-state index contributed by atoms with van der Waals surface area (Å²) >= 11 is 5.86. The summed E-state index contributed by atoms with van der Waals surface area (Å²) in [5.74, 6) is 0.358. The monoisotopic (exact) mass is 307 g/mol. The molecule has 0 aliphatic carbocycles. The van der Waals surface area contributed by atoms with E-state index in [1.54, 1.807) is 6.07 Å². The summed E-state index contributed by atoms with van der Waals surface area (Å²) in [6.07, 6.45) is -4.34. The molecule has 0 saturated carbocycles. The zero-order chi connectivity index (χ0) is 15.0. The van der Waals surface area contributed by atoms with Crippen LogP contribution in [0.2, 0.25) is 5.02 Å². The lowest BCUT2D eigenvalue weighted by Gasteiger charge is -2.12. The van der Waals surface area contributed by atoms with Crippen LogP contribution in [-0.2, 0) is 6.42 Å². The van der Waals surface area contributed by atoms with Gasteiger partial charge in [0, 0.05) is 25.2 Å². The predicted molar refractivity (Wildman–Crippen MR) is 75.2 cm³/mol. The molecule has 20 heavy (non-hydrogen) atoms. The first-order chi connectivity index (χ1) is 9.40.